The molecule has 8 heteroatoms. The van der Waals surface area contributed by atoms with Gasteiger partial charge in [-0.15, -0.1) is 0 Å². The third kappa shape index (κ3) is 4.41. The summed E-state index contributed by atoms with van der Waals surface area (Å²) in [6, 6.07) is 12.5. The Bertz CT molecular complexity index is 1040. The van der Waals surface area contributed by atoms with Crippen LogP contribution in [0.15, 0.2) is 42.5 Å². The number of para-hydroxylation sites is 2. The maximum atomic E-state index is 12.8. The van der Waals surface area contributed by atoms with E-state index in [9.17, 15) is 4.79 Å². The van der Waals surface area contributed by atoms with Crippen molar-refractivity contribution in [1.82, 2.24) is 9.97 Å². The van der Waals surface area contributed by atoms with Gasteiger partial charge in [0.2, 0.25) is 0 Å². The summed E-state index contributed by atoms with van der Waals surface area (Å²) in [4.78, 5) is 21.8. The zero-order valence-electron chi connectivity index (χ0n) is 15.9. The highest BCUT2D eigenvalue weighted by atomic mass is 35.5. The summed E-state index contributed by atoms with van der Waals surface area (Å²) in [7, 11) is 1.55. The molecule has 0 bridgehead atoms. The first-order valence-electron chi connectivity index (χ1n) is 9.30. The quantitative estimate of drug-likeness (QED) is 0.600. The molecule has 0 unspecified atom stereocenters. The molecular weight excluding hydrogens is 394 g/mol. The maximum Gasteiger partial charge on any atom is 0.360 e. The van der Waals surface area contributed by atoms with Crippen molar-refractivity contribution in [2.75, 3.05) is 25.6 Å². The largest absolute Gasteiger partial charge is 0.495 e. The van der Waals surface area contributed by atoms with Crippen molar-refractivity contribution in [3.63, 3.8) is 0 Å². The van der Waals surface area contributed by atoms with Gasteiger partial charge in [0.15, 0.2) is 11.5 Å². The molecule has 7 nitrogen and oxygen atoms in total. The van der Waals surface area contributed by atoms with Crippen LogP contribution in [0.5, 0.6) is 5.75 Å². The van der Waals surface area contributed by atoms with E-state index in [4.69, 9.17) is 25.8 Å². The van der Waals surface area contributed by atoms with E-state index in [1.165, 1.54) is 0 Å². The van der Waals surface area contributed by atoms with Gasteiger partial charge in [-0.25, -0.2) is 14.8 Å². The van der Waals surface area contributed by atoms with Gasteiger partial charge in [-0.05, 0) is 43.2 Å². The predicted octanol–water partition coefficient (Wildman–Crippen LogP) is 4.37. The lowest BCUT2D eigenvalue weighted by Gasteiger charge is -2.14. The maximum absolute atomic E-state index is 12.8. The third-order valence-corrected chi connectivity index (χ3v) is 4.90. The van der Waals surface area contributed by atoms with Crippen LogP contribution in [0.2, 0.25) is 5.02 Å². The van der Waals surface area contributed by atoms with E-state index >= 15 is 0 Å². The van der Waals surface area contributed by atoms with Crippen LogP contribution in [0.1, 0.15) is 23.3 Å². The van der Waals surface area contributed by atoms with Gasteiger partial charge in [0.1, 0.15) is 12.4 Å². The smallest absolute Gasteiger partial charge is 0.360 e. The molecule has 1 aromatic heterocycles. The van der Waals surface area contributed by atoms with E-state index in [0.29, 0.717) is 39.9 Å². The Kier molecular flexibility index (Phi) is 5.78. The Balaban J connectivity index is 1.64. The molecule has 0 saturated carbocycles. The minimum Gasteiger partial charge on any atom is -0.495 e. The first kappa shape index (κ1) is 19.4. The van der Waals surface area contributed by atoms with E-state index in [1.807, 2.05) is 18.2 Å². The SMILES string of the molecule is COc1ccc(Nc2nc3ccccc3nc2C(=O)OC[C@H]2CCCO2)cc1Cl. The van der Waals surface area contributed by atoms with Crippen molar-refractivity contribution >= 4 is 40.1 Å². The molecule has 1 fully saturated rings. The number of methoxy groups -OCH3 is 1. The Hall–Kier alpha value is -2.90. The molecule has 0 aliphatic carbocycles. The predicted molar refractivity (Wildman–Crippen MR) is 110 cm³/mol. The lowest BCUT2D eigenvalue weighted by molar-refractivity contribution is 0.0157. The minimum absolute atomic E-state index is 0.0656. The second-order valence-electron chi connectivity index (χ2n) is 6.62. The van der Waals surface area contributed by atoms with Crippen LogP contribution < -0.4 is 10.1 Å². The lowest BCUT2D eigenvalue weighted by Crippen LogP contribution is -2.19. The summed E-state index contributed by atoms with van der Waals surface area (Å²) in [5, 5.41) is 3.56. The van der Waals surface area contributed by atoms with Crippen molar-refractivity contribution in [3.8, 4) is 5.75 Å². The normalized spacial score (nSPS) is 16.0. The molecule has 2 heterocycles. The Morgan fingerprint density at radius 3 is 2.72 bits per heavy atom. The number of rotatable bonds is 6. The lowest BCUT2D eigenvalue weighted by atomic mass is 10.2. The van der Waals surface area contributed by atoms with Crippen LogP contribution in [0.25, 0.3) is 11.0 Å². The number of aromatic nitrogens is 2. The van der Waals surface area contributed by atoms with Crippen LogP contribution in [-0.4, -0.2) is 42.4 Å². The fourth-order valence-corrected chi connectivity index (χ4v) is 3.38. The number of carbonyl (C=O) groups excluding carboxylic acids is 1. The summed E-state index contributed by atoms with van der Waals surface area (Å²) in [6.07, 6.45) is 1.79. The van der Waals surface area contributed by atoms with Crippen molar-refractivity contribution in [3.05, 3.63) is 53.2 Å². The van der Waals surface area contributed by atoms with Crippen molar-refractivity contribution in [2.24, 2.45) is 0 Å². The number of carbonyl (C=O) groups is 1. The van der Waals surface area contributed by atoms with Crippen molar-refractivity contribution in [2.45, 2.75) is 18.9 Å². The van der Waals surface area contributed by atoms with E-state index in [-0.39, 0.29) is 18.4 Å². The first-order chi connectivity index (χ1) is 14.1. The number of hydrogen-bond donors (Lipinski definition) is 1. The molecular formula is C21H20ClN3O4. The van der Waals surface area contributed by atoms with Crippen LogP contribution in [0, 0.1) is 0 Å². The number of ether oxygens (including phenoxy) is 3. The molecule has 0 spiro atoms. The molecule has 0 radical (unpaired) electrons. The summed E-state index contributed by atoms with van der Waals surface area (Å²) in [5.41, 5.74) is 2.02. The summed E-state index contributed by atoms with van der Waals surface area (Å²) >= 11 is 6.21. The zero-order chi connectivity index (χ0) is 20.2. The van der Waals surface area contributed by atoms with Gasteiger partial charge in [-0.2, -0.15) is 0 Å². The topological polar surface area (TPSA) is 82.6 Å². The number of esters is 1. The number of fused-ring (bicyclic) bond motifs is 1. The summed E-state index contributed by atoms with van der Waals surface area (Å²) in [5.74, 6) is 0.293. The van der Waals surface area contributed by atoms with Gasteiger partial charge in [-0.1, -0.05) is 23.7 Å². The summed E-state index contributed by atoms with van der Waals surface area (Å²) in [6.45, 7) is 0.893. The highest BCUT2D eigenvalue weighted by Crippen LogP contribution is 2.29. The molecule has 1 N–H and O–H groups in total. The molecule has 1 saturated heterocycles. The van der Waals surface area contributed by atoms with Crippen LogP contribution in [-0.2, 0) is 9.47 Å². The van der Waals surface area contributed by atoms with E-state index < -0.39 is 5.97 Å². The van der Waals surface area contributed by atoms with Crippen molar-refractivity contribution in [1.29, 1.82) is 0 Å². The molecule has 2 aromatic carbocycles. The molecule has 1 aliphatic heterocycles. The Morgan fingerprint density at radius 2 is 2.03 bits per heavy atom. The number of nitrogens with zero attached hydrogens (tertiary/aromatic N) is 2. The van der Waals surface area contributed by atoms with Gasteiger partial charge < -0.3 is 19.5 Å². The minimum atomic E-state index is -0.555. The summed E-state index contributed by atoms with van der Waals surface area (Å²) < 4.78 is 16.1. The molecule has 150 valence electrons. The van der Waals surface area contributed by atoms with Crippen LogP contribution in [0.4, 0.5) is 11.5 Å². The van der Waals surface area contributed by atoms with Gasteiger partial charge in [0.05, 0.1) is 29.3 Å². The highest BCUT2D eigenvalue weighted by Gasteiger charge is 2.22. The van der Waals surface area contributed by atoms with E-state index in [1.54, 1.807) is 31.4 Å². The second-order valence-corrected chi connectivity index (χ2v) is 7.02. The van der Waals surface area contributed by atoms with Gasteiger partial charge in [0, 0.05) is 12.3 Å². The molecule has 1 atom stereocenters. The Morgan fingerprint density at radius 1 is 1.24 bits per heavy atom. The van der Waals surface area contributed by atoms with E-state index in [2.05, 4.69) is 15.3 Å². The average Bonchev–Trinajstić information content (AvgIpc) is 3.25. The third-order valence-electron chi connectivity index (χ3n) is 4.60. The number of anilines is 2. The molecule has 4 rings (SSSR count). The molecule has 1 aliphatic rings. The molecule has 29 heavy (non-hydrogen) atoms. The fraction of sp³-hybridized carbons (Fsp3) is 0.286. The fourth-order valence-electron chi connectivity index (χ4n) is 3.12. The Labute approximate surface area is 173 Å². The number of benzene rings is 2. The molecule has 3 aromatic rings. The zero-order valence-corrected chi connectivity index (χ0v) is 16.6. The number of halogens is 1. The standard InChI is InChI=1S/C21H20ClN3O4/c1-27-18-9-8-13(11-15(18)22)23-20-19(21(26)29-12-14-5-4-10-28-14)24-16-6-2-3-7-17(16)25-20/h2-3,6-9,11,14H,4-5,10,12H2,1H3,(H,23,25)/t14-/m1/s1. The highest BCUT2D eigenvalue weighted by molar-refractivity contribution is 6.32. The van der Waals surface area contributed by atoms with Gasteiger partial charge in [0.25, 0.3) is 0 Å². The monoisotopic (exact) mass is 413 g/mol. The first-order valence-corrected chi connectivity index (χ1v) is 9.68. The van der Waals surface area contributed by atoms with Crippen molar-refractivity contribution < 1.29 is 19.0 Å². The average molecular weight is 414 g/mol. The van der Waals surface area contributed by atoms with Gasteiger partial charge in [-0.3, -0.25) is 0 Å². The van der Waals surface area contributed by atoms with Gasteiger partial charge >= 0.3 is 5.97 Å². The van der Waals surface area contributed by atoms with Crippen LogP contribution in [0.3, 0.4) is 0 Å². The van der Waals surface area contributed by atoms with E-state index in [0.717, 1.165) is 12.8 Å². The molecule has 0 amide bonds. The van der Waals surface area contributed by atoms with Crippen LogP contribution >= 0.6 is 11.6 Å². The number of hydrogen-bond acceptors (Lipinski definition) is 7. The second kappa shape index (κ2) is 8.63. The number of nitrogens with one attached hydrogen (secondary N) is 1.